The largest absolute Gasteiger partial charge is 0.439 e. The van der Waals surface area contributed by atoms with E-state index in [4.69, 9.17) is 10.5 Å². The minimum Gasteiger partial charge on any atom is -0.439 e. The molecule has 21 heavy (non-hydrogen) atoms. The summed E-state index contributed by atoms with van der Waals surface area (Å²) in [6.07, 6.45) is 2.96. The lowest BCUT2D eigenvalue weighted by atomic mass is 10.0. The molecule has 1 atom stereocenters. The van der Waals surface area contributed by atoms with Crippen LogP contribution in [0.4, 0.5) is 5.69 Å². The quantitative estimate of drug-likeness (QED) is 0.908. The zero-order valence-electron chi connectivity index (χ0n) is 11.8. The van der Waals surface area contributed by atoms with Crippen molar-refractivity contribution in [1.82, 2.24) is 4.98 Å². The van der Waals surface area contributed by atoms with Gasteiger partial charge in [-0.2, -0.15) is 0 Å². The second kappa shape index (κ2) is 5.54. The van der Waals surface area contributed by atoms with Crippen LogP contribution in [-0.2, 0) is 11.2 Å². The predicted octanol–water partition coefficient (Wildman–Crippen LogP) is 2.78. The smallest absolute Gasteiger partial charge is 0.224 e. The highest BCUT2D eigenvalue weighted by atomic mass is 16.5. The van der Waals surface area contributed by atoms with Gasteiger partial charge in [0.1, 0.15) is 5.75 Å². The molecule has 2 aromatic rings. The molecular weight excluding hydrogens is 266 g/mol. The minimum atomic E-state index is -0.0427. The van der Waals surface area contributed by atoms with Crippen LogP contribution in [-0.4, -0.2) is 10.9 Å². The van der Waals surface area contributed by atoms with Crippen molar-refractivity contribution in [1.29, 1.82) is 0 Å². The van der Waals surface area contributed by atoms with E-state index in [2.05, 4.69) is 10.3 Å². The predicted molar refractivity (Wildman–Crippen MR) is 80.3 cm³/mol. The Kier molecular flexibility index (Phi) is 3.58. The normalized spacial score (nSPS) is 15.0. The van der Waals surface area contributed by atoms with Crippen molar-refractivity contribution in [2.45, 2.75) is 25.8 Å². The van der Waals surface area contributed by atoms with E-state index in [-0.39, 0.29) is 11.9 Å². The molecule has 1 aliphatic rings. The first-order valence-electron chi connectivity index (χ1n) is 6.94. The average Bonchev–Trinajstić information content (AvgIpc) is 2.48. The standard InChI is InChI=1S/C16H17N3O2/c1-10(17)12-3-7-16(18-9-12)21-13-4-5-14-11(8-13)2-6-15(20)19-14/h3-5,7-10H,2,6,17H2,1H3,(H,19,20)/t10-/m0/s1. The van der Waals surface area contributed by atoms with Crippen molar-refractivity contribution in [3.8, 4) is 11.6 Å². The van der Waals surface area contributed by atoms with Crippen LogP contribution in [0.25, 0.3) is 0 Å². The van der Waals surface area contributed by atoms with Crippen molar-refractivity contribution in [3.63, 3.8) is 0 Å². The number of pyridine rings is 1. The number of nitrogens with two attached hydrogens (primary N) is 1. The molecule has 1 aliphatic heterocycles. The zero-order valence-corrected chi connectivity index (χ0v) is 11.8. The van der Waals surface area contributed by atoms with Crippen LogP contribution in [0.15, 0.2) is 36.5 Å². The number of nitrogens with zero attached hydrogens (tertiary/aromatic N) is 1. The highest BCUT2D eigenvalue weighted by Gasteiger charge is 2.15. The zero-order chi connectivity index (χ0) is 14.8. The Morgan fingerprint density at radius 3 is 2.86 bits per heavy atom. The van der Waals surface area contributed by atoms with Crippen molar-refractivity contribution in [2.75, 3.05) is 5.32 Å². The van der Waals surface area contributed by atoms with Crippen LogP contribution in [0.1, 0.15) is 30.5 Å². The topological polar surface area (TPSA) is 77.2 Å². The summed E-state index contributed by atoms with van der Waals surface area (Å²) in [7, 11) is 0. The van der Waals surface area contributed by atoms with Crippen LogP contribution >= 0.6 is 0 Å². The molecule has 0 saturated heterocycles. The first kappa shape index (κ1) is 13.6. The number of amides is 1. The van der Waals surface area contributed by atoms with Crippen LogP contribution in [0.5, 0.6) is 11.6 Å². The number of aromatic nitrogens is 1. The summed E-state index contributed by atoms with van der Waals surface area (Å²) in [6.45, 7) is 1.91. The number of ether oxygens (including phenoxy) is 1. The number of benzene rings is 1. The van der Waals surface area contributed by atoms with E-state index in [9.17, 15) is 4.79 Å². The fourth-order valence-corrected chi connectivity index (χ4v) is 2.27. The number of carbonyl (C=O) groups excluding carboxylic acids is 1. The fourth-order valence-electron chi connectivity index (χ4n) is 2.27. The van der Waals surface area contributed by atoms with Gasteiger partial charge in [-0.25, -0.2) is 4.98 Å². The molecule has 0 radical (unpaired) electrons. The van der Waals surface area contributed by atoms with Crippen molar-refractivity contribution in [2.24, 2.45) is 5.73 Å². The van der Waals surface area contributed by atoms with Gasteiger partial charge in [0.2, 0.25) is 11.8 Å². The number of hydrogen-bond donors (Lipinski definition) is 2. The van der Waals surface area contributed by atoms with E-state index in [1.54, 1.807) is 12.3 Å². The number of fused-ring (bicyclic) bond motifs is 1. The molecule has 3 rings (SSSR count). The number of nitrogens with one attached hydrogen (secondary N) is 1. The molecule has 108 valence electrons. The lowest BCUT2D eigenvalue weighted by Gasteiger charge is -2.17. The van der Waals surface area contributed by atoms with Gasteiger partial charge >= 0.3 is 0 Å². The molecule has 5 heteroatoms. The van der Waals surface area contributed by atoms with Crippen molar-refractivity contribution >= 4 is 11.6 Å². The molecule has 1 amide bonds. The molecule has 0 fully saturated rings. The Morgan fingerprint density at radius 1 is 1.29 bits per heavy atom. The summed E-state index contributed by atoms with van der Waals surface area (Å²) in [5.41, 5.74) is 8.70. The van der Waals surface area contributed by atoms with E-state index < -0.39 is 0 Å². The van der Waals surface area contributed by atoms with Gasteiger partial charge < -0.3 is 15.8 Å². The molecule has 0 bridgehead atoms. The van der Waals surface area contributed by atoms with Gasteiger partial charge in [0.15, 0.2) is 0 Å². The molecule has 1 aromatic carbocycles. The van der Waals surface area contributed by atoms with Gasteiger partial charge in [-0.1, -0.05) is 6.07 Å². The monoisotopic (exact) mass is 283 g/mol. The van der Waals surface area contributed by atoms with Gasteiger partial charge in [0, 0.05) is 30.4 Å². The number of carbonyl (C=O) groups is 1. The molecule has 3 N–H and O–H groups in total. The maximum absolute atomic E-state index is 11.3. The fraction of sp³-hybridized carbons (Fsp3) is 0.250. The van der Waals surface area contributed by atoms with Crippen LogP contribution in [0, 0.1) is 0 Å². The van der Waals surface area contributed by atoms with E-state index in [1.807, 2.05) is 31.2 Å². The third kappa shape index (κ3) is 3.03. The first-order chi connectivity index (χ1) is 10.1. The van der Waals surface area contributed by atoms with Gasteiger partial charge in [0.25, 0.3) is 0 Å². The Bertz CT molecular complexity index is 666. The Hall–Kier alpha value is -2.40. The van der Waals surface area contributed by atoms with Crippen LogP contribution < -0.4 is 15.8 Å². The highest BCUT2D eigenvalue weighted by Crippen LogP contribution is 2.29. The Morgan fingerprint density at radius 2 is 2.14 bits per heavy atom. The van der Waals surface area contributed by atoms with E-state index in [1.165, 1.54) is 0 Å². The summed E-state index contributed by atoms with van der Waals surface area (Å²) in [6, 6.07) is 9.30. The average molecular weight is 283 g/mol. The SMILES string of the molecule is C[C@H](N)c1ccc(Oc2ccc3c(c2)CCC(=O)N3)nc1. The second-order valence-electron chi connectivity index (χ2n) is 5.19. The number of anilines is 1. The third-order valence-corrected chi connectivity index (χ3v) is 3.48. The molecule has 0 saturated carbocycles. The van der Waals surface area contributed by atoms with Crippen LogP contribution in [0.2, 0.25) is 0 Å². The second-order valence-corrected chi connectivity index (χ2v) is 5.19. The maximum Gasteiger partial charge on any atom is 0.224 e. The van der Waals surface area contributed by atoms with Gasteiger partial charge in [0.05, 0.1) is 0 Å². The van der Waals surface area contributed by atoms with Crippen LogP contribution in [0.3, 0.4) is 0 Å². The van der Waals surface area contributed by atoms with Gasteiger partial charge in [-0.05, 0) is 42.7 Å². The summed E-state index contributed by atoms with van der Waals surface area (Å²) in [5, 5.41) is 2.85. The summed E-state index contributed by atoms with van der Waals surface area (Å²) in [5.74, 6) is 1.30. The number of hydrogen-bond acceptors (Lipinski definition) is 4. The minimum absolute atomic E-state index is 0.0427. The lowest BCUT2D eigenvalue weighted by molar-refractivity contribution is -0.116. The molecule has 2 heterocycles. The van der Waals surface area contributed by atoms with Gasteiger partial charge in [-0.3, -0.25) is 4.79 Å². The molecular formula is C16H17N3O2. The van der Waals surface area contributed by atoms with Crippen molar-refractivity contribution in [3.05, 3.63) is 47.7 Å². The third-order valence-electron chi connectivity index (χ3n) is 3.48. The Balaban J connectivity index is 1.77. The molecule has 0 spiro atoms. The van der Waals surface area contributed by atoms with E-state index >= 15 is 0 Å². The molecule has 0 aliphatic carbocycles. The van der Waals surface area contributed by atoms with E-state index in [0.717, 1.165) is 23.2 Å². The summed E-state index contributed by atoms with van der Waals surface area (Å²) in [4.78, 5) is 15.6. The summed E-state index contributed by atoms with van der Waals surface area (Å²) < 4.78 is 5.74. The van der Waals surface area contributed by atoms with Crippen molar-refractivity contribution < 1.29 is 9.53 Å². The van der Waals surface area contributed by atoms with Gasteiger partial charge in [-0.15, -0.1) is 0 Å². The lowest BCUT2D eigenvalue weighted by Crippen LogP contribution is -2.18. The highest BCUT2D eigenvalue weighted by molar-refractivity contribution is 5.94. The molecule has 1 aromatic heterocycles. The summed E-state index contributed by atoms with van der Waals surface area (Å²) >= 11 is 0. The Labute approximate surface area is 123 Å². The molecule has 0 unspecified atom stereocenters. The van der Waals surface area contributed by atoms with E-state index in [0.29, 0.717) is 18.1 Å². The maximum atomic E-state index is 11.3. The number of aryl methyl sites for hydroxylation is 1. The number of rotatable bonds is 3. The first-order valence-corrected chi connectivity index (χ1v) is 6.94. The molecule has 5 nitrogen and oxygen atoms in total.